The van der Waals surface area contributed by atoms with Gasteiger partial charge in [0.25, 0.3) is 0 Å². The summed E-state index contributed by atoms with van der Waals surface area (Å²) in [4.78, 5) is 17.0. The van der Waals surface area contributed by atoms with Crippen molar-refractivity contribution in [3.05, 3.63) is 47.8 Å². The molecule has 0 amide bonds. The quantitative estimate of drug-likeness (QED) is 0.248. The van der Waals surface area contributed by atoms with Gasteiger partial charge in [-0.05, 0) is 69.1 Å². The third-order valence-electron chi connectivity index (χ3n) is 5.79. The molecule has 0 saturated heterocycles. The van der Waals surface area contributed by atoms with E-state index in [-0.39, 0.29) is 5.04 Å². The molecule has 32 heavy (non-hydrogen) atoms. The minimum atomic E-state index is -1.74. The predicted molar refractivity (Wildman–Crippen MR) is 133 cm³/mol. The van der Waals surface area contributed by atoms with Crippen LogP contribution in [0.5, 0.6) is 5.75 Å². The molecule has 2 aromatic rings. The molecule has 1 heterocycles. The highest BCUT2D eigenvalue weighted by molar-refractivity contribution is 6.74. The number of hydrogen-bond donors (Lipinski definition) is 0. The molecule has 0 unspecified atom stereocenters. The van der Waals surface area contributed by atoms with E-state index in [4.69, 9.17) is 13.9 Å². The highest BCUT2D eigenvalue weighted by Crippen LogP contribution is 2.36. The molecule has 1 aromatic heterocycles. The molecule has 0 aliphatic carbocycles. The van der Waals surface area contributed by atoms with Gasteiger partial charge < -0.3 is 13.9 Å². The number of hydrogen-bond acceptors (Lipinski definition) is 5. The number of aromatic nitrogens is 1. The van der Waals surface area contributed by atoms with Crippen molar-refractivity contribution in [1.29, 1.82) is 0 Å². The average Bonchev–Trinajstić information content (AvgIpc) is 2.66. The Bertz CT molecular complexity index is 926. The van der Waals surface area contributed by atoms with Gasteiger partial charge in [0.05, 0.1) is 6.61 Å². The van der Waals surface area contributed by atoms with E-state index in [9.17, 15) is 4.79 Å². The lowest BCUT2D eigenvalue weighted by atomic mass is 9.98. The molecule has 0 aliphatic rings. The second-order valence-electron chi connectivity index (χ2n) is 10.6. The second-order valence-corrected chi connectivity index (χ2v) is 15.5. The standard InChI is InChI=1S/C26H39NO4Si/c1-19-20(21-14-11-16-27-23(21)24(28)31-25(2,3)4)13-10-15-22(19)29-17-12-18-30-32(8,9)26(5,6)7/h10-11,13-16H,12,17-18H2,1-9H3. The van der Waals surface area contributed by atoms with E-state index in [1.807, 2.05) is 58.0 Å². The lowest BCUT2D eigenvalue weighted by Crippen LogP contribution is -2.41. The molecular weight excluding hydrogens is 418 g/mol. The molecule has 2 rings (SSSR count). The first-order valence-electron chi connectivity index (χ1n) is 11.3. The largest absolute Gasteiger partial charge is 0.493 e. The van der Waals surface area contributed by atoms with Crippen molar-refractivity contribution in [2.45, 2.75) is 78.6 Å². The molecule has 0 aliphatic heterocycles. The number of nitrogens with zero attached hydrogens (tertiary/aromatic N) is 1. The zero-order valence-electron chi connectivity index (χ0n) is 21.2. The van der Waals surface area contributed by atoms with Crippen LogP contribution in [0.15, 0.2) is 36.5 Å². The number of pyridine rings is 1. The van der Waals surface area contributed by atoms with Crippen LogP contribution in [0.2, 0.25) is 18.1 Å². The fourth-order valence-corrected chi connectivity index (χ4v) is 4.05. The molecule has 6 heteroatoms. The van der Waals surface area contributed by atoms with E-state index in [0.717, 1.165) is 28.9 Å². The topological polar surface area (TPSA) is 57.7 Å². The van der Waals surface area contributed by atoms with Crippen LogP contribution in [-0.2, 0) is 9.16 Å². The summed E-state index contributed by atoms with van der Waals surface area (Å²) in [5, 5.41) is 0.203. The average molecular weight is 458 g/mol. The Morgan fingerprint density at radius 2 is 1.62 bits per heavy atom. The summed E-state index contributed by atoms with van der Waals surface area (Å²) >= 11 is 0. The van der Waals surface area contributed by atoms with Crippen LogP contribution in [0.25, 0.3) is 11.1 Å². The first-order valence-corrected chi connectivity index (χ1v) is 14.2. The highest BCUT2D eigenvalue weighted by atomic mass is 28.4. The normalized spacial score (nSPS) is 12.5. The van der Waals surface area contributed by atoms with E-state index in [1.54, 1.807) is 6.20 Å². The molecule has 5 nitrogen and oxygen atoms in total. The number of carbonyl (C=O) groups excluding carboxylic acids is 1. The molecule has 0 spiro atoms. The summed E-state index contributed by atoms with van der Waals surface area (Å²) in [6.07, 6.45) is 2.44. The van der Waals surface area contributed by atoms with Crippen LogP contribution in [0.1, 0.15) is 64.0 Å². The van der Waals surface area contributed by atoms with Crippen LogP contribution in [0.4, 0.5) is 0 Å². The molecule has 0 fully saturated rings. The van der Waals surface area contributed by atoms with E-state index < -0.39 is 19.9 Å². The second kappa shape index (κ2) is 10.2. The molecule has 0 atom stereocenters. The Balaban J connectivity index is 2.12. The van der Waals surface area contributed by atoms with Gasteiger partial charge in [-0.25, -0.2) is 9.78 Å². The van der Waals surface area contributed by atoms with Crippen LogP contribution in [0, 0.1) is 6.92 Å². The van der Waals surface area contributed by atoms with Gasteiger partial charge in [-0.1, -0.05) is 39.0 Å². The van der Waals surface area contributed by atoms with Gasteiger partial charge >= 0.3 is 5.97 Å². The lowest BCUT2D eigenvalue weighted by molar-refractivity contribution is 0.00638. The van der Waals surface area contributed by atoms with Crippen molar-refractivity contribution >= 4 is 14.3 Å². The Morgan fingerprint density at radius 3 is 2.25 bits per heavy atom. The number of rotatable bonds is 8. The fraction of sp³-hybridized carbons (Fsp3) is 0.538. The number of esters is 1. The lowest BCUT2D eigenvalue weighted by Gasteiger charge is -2.36. The van der Waals surface area contributed by atoms with Gasteiger partial charge in [-0.3, -0.25) is 0 Å². The smallest absolute Gasteiger partial charge is 0.358 e. The molecule has 0 bridgehead atoms. The summed E-state index contributed by atoms with van der Waals surface area (Å²) in [5.74, 6) is 0.371. The zero-order chi connectivity index (χ0) is 24.2. The van der Waals surface area contributed by atoms with Crippen molar-refractivity contribution < 1.29 is 18.7 Å². The maximum absolute atomic E-state index is 12.7. The highest BCUT2D eigenvalue weighted by Gasteiger charge is 2.36. The number of carbonyl (C=O) groups is 1. The first kappa shape index (κ1) is 26.1. The Morgan fingerprint density at radius 1 is 0.969 bits per heavy atom. The van der Waals surface area contributed by atoms with E-state index in [0.29, 0.717) is 18.9 Å². The van der Waals surface area contributed by atoms with Gasteiger partial charge in [0.1, 0.15) is 11.4 Å². The van der Waals surface area contributed by atoms with Crippen molar-refractivity contribution in [1.82, 2.24) is 4.98 Å². The first-order chi connectivity index (χ1) is 14.7. The summed E-state index contributed by atoms with van der Waals surface area (Å²) in [6, 6.07) is 9.60. The third kappa shape index (κ3) is 6.91. The SMILES string of the molecule is Cc1c(OCCCO[Si](C)(C)C(C)(C)C)cccc1-c1cccnc1C(=O)OC(C)(C)C. The van der Waals surface area contributed by atoms with Crippen molar-refractivity contribution in [2.75, 3.05) is 13.2 Å². The molecule has 176 valence electrons. The van der Waals surface area contributed by atoms with E-state index in [1.165, 1.54) is 0 Å². The molecule has 0 N–H and O–H groups in total. The van der Waals surface area contributed by atoms with Crippen molar-refractivity contribution in [3.63, 3.8) is 0 Å². The van der Waals surface area contributed by atoms with E-state index in [2.05, 4.69) is 38.8 Å². The van der Waals surface area contributed by atoms with Crippen molar-refractivity contribution in [3.8, 4) is 16.9 Å². The Labute approximate surface area is 194 Å². The molecule has 0 saturated carbocycles. The van der Waals surface area contributed by atoms with Crippen LogP contribution >= 0.6 is 0 Å². The van der Waals surface area contributed by atoms with E-state index >= 15 is 0 Å². The predicted octanol–water partition coefficient (Wildman–Crippen LogP) is 6.80. The molecule has 0 radical (unpaired) electrons. The minimum Gasteiger partial charge on any atom is -0.493 e. The summed E-state index contributed by atoms with van der Waals surface area (Å²) in [6.45, 7) is 20.1. The zero-order valence-corrected chi connectivity index (χ0v) is 22.2. The summed E-state index contributed by atoms with van der Waals surface area (Å²) < 4.78 is 17.9. The fourth-order valence-electron chi connectivity index (χ4n) is 2.96. The maximum Gasteiger partial charge on any atom is 0.358 e. The number of benzene rings is 1. The number of ether oxygens (including phenoxy) is 2. The van der Waals surface area contributed by atoms with Crippen molar-refractivity contribution in [2.24, 2.45) is 0 Å². The van der Waals surface area contributed by atoms with Gasteiger partial charge in [-0.15, -0.1) is 0 Å². The summed E-state index contributed by atoms with van der Waals surface area (Å²) in [7, 11) is -1.74. The Hall–Kier alpha value is -2.18. The molecule has 1 aromatic carbocycles. The van der Waals surface area contributed by atoms with Gasteiger partial charge in [0.15, 0.2) is 14.0 Å². The molecular formula is C26H39NO4Si. The third-order valence-corrected chi connectivity index (χ3v) is 10.3. The maximum atomic E-state index is 12.7. The monoisotopic (exact) mass is 457 g/mol. The van der Waals surface area contributed by atoms with Gasteiger partial charge in [0, 0.05) is 24.8 Å². The van der Waals surface area contributed by atoms with Crippen LogP contribution in [-0.4, -0.2) is 38.1 Å². The Kier molecular flexibility index (Phi) is 8.29. The van der Waals surface area contributed by atoms with Gasteiger partial charge in [0.2, 0.25) is 0 Å². The van der Waals surface area contributed by atoms with Crippen LogP contribution in [0.3, 0.4) is 0 Å². The summed E-state index contributed by atoms with van der Waals surface area (Å²) in [5.41, 5.74) is 2.35. The minimum absolute atomic E-state index is 0.203. The van der Waals surface area contributed by atoms with Crippen LogP contribution < -0.4 is 4.74 Å². The van der Waals surface area contributed by atoms with Gasteiger partial charge in [-0.2, -0.15) is 0 Å².